The Morgan fingerprint density at radius 2 is 1.88 bits per heavy atom. The van der Waals surface area contributed by atoms with Gasteiger partial charge >= 0.3 is 0 Å². The average Bonchev–Trinajstić information content (AvgIpc) is 2.66. The van der Waals surface area contributed by atoms with Gasteiger partial charge in [0.05, 0.1) is 5.02 Å². The van der Waals surface area contributed by atoms with Gasteiger partial charge in [-0.15, -0.1) is 0 Å². The summed E-state index contributed by atoms with van der Waals surface area (Å²) in [5, 5.41) is 0.914. The van der Waals surface area contributed by atoms with Crippen molar-refractivity contribution in [1.82, 2.24) is 4.90 Å². The highest BCUT2D eigenvalue weighted by atomic mass is 35.5. The highest BCUT2D eigenvalue weighted by molar-refractivity contribution is 6.34. The molecule has 0 bridgehead atoms. The summed E-state index contributed by atoms with van der Waals surface area (Å²) in [7, 11) is 0. The summed E-state index contributed by atoms with van der Waals surface area (Å²) in [5.41, 5.74) is 0.963. The van der Waals surface area contributed by atoms with Crippen LogP contribution in [-0.2, 0) is 11.3 Å². The van der Waals surface area contributed by atoms with Gasteiger partial charge < -0.3 is 19.1 Å². The molecule has 1 amide bonds. The normalized spacial score (nSPS) is 12.6. The number of amides is 1. The maximum atomic E-state index is 12.5. The fourth-order valence-corrected chi connectivity index (χ4v) is 2.94. The quantitative estimate of drug-likeness (QED) is 0.735. The molecule has 0 radical (unpaired) electrons. The average molecular weight is 396 g/mol. The second-order valence-corrected chi connectivity index (χ2v) is 6.59. The van der Waals surface area contributed by atoms with E-state index in [1.807, 2.05) is 25.1 Å². The number of likely N-dealkylation sites (N-methyl/N-ethyl adjacent to an activating group) is 1. The monoisotopic (exact) mass is 395 g/mol. The van der Waals surface area contributed by atoms with Crippen molar-refractivity contribution < 1.29 is 19.0 Å². The molecule has 1 aliphatic heterocycles. The van der Waals surface area contributed by atoms with Gasteiger partial charge in [0.2, 0.25) is 0 Å². The molecule has 0 fully saturated rings. The number of ether oxygens (including phenoxy) is 3. The van der Waals surface area contributed by atoms with Crippen molar-refractivity contribution in [1.29, 1.82) is 0 Å². The van der Waals surface area contributed by atoms with E-state index < -0.39 is 0 Å². The molecule has 7 heteroatoms. The van der Waals surface area contributed by atoms with Crippen molar-refractivity contribution in [2.75, 3.05) is 26.4 Å². The number of fused-ring (bicyclic) bond motifs is 1. The minimum Gasteiger partial charge on any atom is -0.486 e. The molecule has 0 N–H and O–H groups in total. The number of carbonyl (C=O) groups excluding carboxylic acids is 1. The van der Waals surface area contributed by atoms with Crippen LogP contribution in [0.5, 0.6) is 17.2 Å². The van der Waals surface area contributed by atoms with E-state index in [-0.39, 0.29) is 12.5 Å². The van der Waals surface area contributed by atoms with Crippen molar-refractivity contribution in [3.05, 3.63) is 52.0 Å². The highest BCUT2D eigenvalue weighted by Crippen LogP contribution is 2.31. The smallest absolute Gasteiger partial charge is 0.260 e. The number of rotatable bonds is 6. The topological polar surface area (TPSA) is 48.0 Å². The van der Waals surface area contributed by atoms with E-state index in [2.05, 4.69) is 0 Å². The Morgan fingerprint density at radius 1 is 1.12 bits per heavy atom. The predicted molar refractivity (Wildman–Crippen MR) is 100 cm³/mol. The Bertz CT molecular complexity index is 797. The lowest BCUT2D eigenvalue weighted by atomic mass is 10.1. The number of benzene rings is 2. The summed E-state index contributed by atoms with van der Waals surface area (Å²) in [6.07, 6.45) is 0. The largest absolute Gasteiger partial charge is 0.486 e. The lowest BCUT2D eigenvalue weighted by Crippen LogP contribution is -2.34. The van der Waals surface area contributed by atoms with Crippen LogP contribution in [0.3, 0.4) is 0 Å². The Hall–Kier alpha value is -2.11. The van der Waals surface area contributed by atoms with Crippen LogP contribution in [0.15, 0.2) is 36.4 Å². The van der Waals surface area contributed by atoms with Crippen molar-refractivity contribution >= 4 is 29.1 Å². The molecule has 26 heavy (non-hydrogen) atoms. The number of nitrogens with zero attached hydrogens (tertiary/aromatic N) is 1. The molecule has 1 heterocycles. The lowest BCUT2D eigenvalue weighted by Gasteiger charge is -2.23. The van der Waals surface area contributed by atoms with Crippen LogP contribution in [0.4, 0.5) is 0 Å². The van der Waals surface area contributed by atoms with E-state index in [0.717, 1.165) is 11.3 Å². The molecule has 0 atom stereocenters. The standard InChI is InChI=1S/C19H19Cl2NO4/c1-2-22(11-13-3-6-16-18(9-13)25-8-7-24-16)19(23)12-26-17-10-14(20)4-5-15(17)21/h3-6,9-10H,2,7-8,11-12H2,1H3. The second kappa shape index (κ2) is 8.52. The van der Waals surface area contributed by atoms with Gasteiger partial charge in [0.15, 0.2) is 18.1 Å². The summed E-state index contributed by atoms with van der Waals surface area (Å²) in [6.45, 7) is 3.90. The zero-order chi connectivity index (χ0) is 18.5. The fourth-order valence-electron chi connectivity index (χ4n) is 2.60. The van der Waals surface area contributed by atoms with Crippen molar-refractivity contribution in [2.45, 2.75) is 13.5 Å². The van der Waals surface area contributed by atoms with E-state index in [1.165, 1.54) is 0 Å². The molecule has 0 saturated carbocycles. The summed E-state index contributed by atoms with van der Waals surface area (Å²) >= 11 is 12.0. The highest BCUT2D eigenvalue weighted by Gasteiger charge is 2.17. The summed E-state index contributed by atoms with van der Waals surface area (Å²) in [5.74, 6) is 1.69. The molecule has 0 saturated heterocycles. The molecule has 1 aliphatic rings. The number of hydrogen-bond acceptors (Lipinski definition) is 4. The third-order valence-corrected chi connectivity index (χ3v) is 4.51. The van der Waals surface area contributed by atoms with Gasteiger partial charge in [-0.05, 0) is 36.8 Å². The van der Waals surface area contributed by atoms with E-state index in [0.29, 0.717) is 47.8 Å². The Labute approximate surface area is 162 Å². The van der Waals surface area contributed by atoms with E-state index >= 15 is 0 Å². The SMILES string of the molecule is CCN(Cc1ccc2c(c1)OCCO2)C(=O)COc1cc(Cl)ccc1Cl. The van der Waals surface area contributed by atoms with Crippen LogP contribution >= 0.6 is 23.2 Å². The first-order valence-corrected chi connectivity index (χ1v) is 9.06. The third kappa shape index (κ3) is 4.54. The Morgan fingerprint density at radius 3 is 2.65 bits per heavy atom. The molecule has 0 aliphatic carbocycles. The molecule has 0 unspecified atom stereocenters. The first kappa shape index (κ1) is 18.7. The van der Waals surface area contributed by atoms with Crippen LogP contribution in [-0.4, -0.2) is 37.2 Å². The first-order chi connectivity index (χ1) is 12.6. The molecule has 2 aromatic rings. The molecular formula is C19H19Cl2NO4. The van der Waals surface area contributed by atoms with Crippen molar-refractivity contribution in [2.24, 2.45) is 0 Å². The molecule has 0 aromatic heterocycles. The van der Waals surface area contributed by atoms with E-state index in [4.69, 9.17) is 37.4 Å². The fraction of sp³-hybridized carbons (Fsp3) is 0.316. The van der Waals surface area contributed by atoms with Gasteiger partial charge in [0, 0.05) is 24.2 Å². The van der Waals surface area contributed by atoms with Gasteiger partial charge in [-0.25, -0.2) is 0 Å². The maximum absolute atomic E-state index is 12.5. The molecular weight excluding hydrogens is 377 g/mol. The Kier molecular flexibility index (Phi) is 6.12. The zero-order valence-corrected chi connectivity index (χ0v) is 15.8. The van der Waals surface area contributed by atoms with Crippen LogP contribution < -0.4 is 14.2 Å². The maximum Gasteiger partial charge on any atom is 0.260 e. The molecule has 5 nitrogen and oxygen atoms in total. The predicted octanol–water partition coefficient (Wildman–Crippen LogP) is 4.19. The number of halogens is 2. The van der Waals surface area contributed by atoms with Crippen molar-refractivity contribution in [3.63, 3.8) is 0 Å². The van der Waals surface area contributed by atoms with Crippen LogP contribution in [0.1, 0.15) is 12.5 Å². The van der Waals surface area contributed by atoms with Gasteiger partial charge in [0.25, 0.3) is 5.91 Å². The van der Waals surface area contributed by atoms with Gasteiger partial charge in [-0.2, -0.15) is 0 Å². The summed E-state index contributed by atoms with van der Waals surface area (Å²) in [6, 6.07) is 10.6. The first-order valence-electron chi connectivity index (χ1n) is 8.31. The molecule has 3 rings (SSSR count). The minimum atomic E-state index is -0.140. The van der Waals surface area contributed by atoms with Gasteiger partial charge in [0.1, 0.15) is 19.0 Å². The molecule has 0 spiro atoms. The second-order valence-electron chi connectivity index (χ2n) is 5.75. The number of carbonyl (C=O) groups is 1. The summed E-state index contributed by atoms with van der Waals surface area (Å²) in [4.78, 5) is 14.2. The minimum absolute atomic E-state index is 0.113. The zero-order valence-electron chi connectivity index (χ0n) is 14.3. The Balaban J connectivity index is 1.63. The van der Waals surface area contributed by atoms with Crippen LogP contribution in [0, 0.1) is 0 Å². The van der Waals surface area contributed by atoms with E-state index in [9.17, 15) is 4.79 Å². The number of hydrogen-bond donors (Lipinski definition) is 0. The van der Waals surface area contributed by atoms with Crippen LogP contribution in [0.2, 0.25) is 10.0 Å². The lowest BCUT2D eigenvalue weighted by molar-refractivity contribution is -0.133. The van der Waals surface area contributed by atoms with Gasteiger partial charge in [-0.3, -0.25) is 4.79 Å². The third-order valence-electron chi connectivity index (χ3n) is 3.96. The van der Waals surface area contributed by atoms with E-state index in [1.54, 1.807) is 23.1 Å². The summed E-state index contributed by atoms with van der Waals surface area (Å²) < 4.78 is 16.6. The van der Waals surface area contributed by atoms with Crippen molar-refractivity contribution in [3.8, 4) is 17.2 Å². The van der Waals surface area contributed by atoms with Crippen LogP contribution in [0.25, 0.3) is 0 Å². The van der Waals surface area contributed by atoms with Gasteiger partial charge in [-0.1, -0.05) is 29.3 Å². The molecule has 138 valence electrons. The molecule has 2 aromatic carbocycles.